The van der Waals surface area contributed by atoms with E-state index in [-0.39, 0.29) is 0 Å². The van der Waals surface area contributed by atoms with Gasteiger partial charge in [0, 0.05) is 9.75 Å². The maximum atomic E-state index is 5.25. The van der Waals surface area contributed by atoms with Gasteiger partial charge in [-0.15, -0.1) is 11.3 Å². The summed E-state index contributed by atoms with van der Waals surface area (Å²) in [6.07, 6.45) is 2.37. The van der Waals surface area contributed by atoms with Crippen molar-refractivity contribution in [3.05, 3.63) is 51.7 Å². The predicted octanol–water partition coefficient (Wildman–Crippen LogP) is 5.48. The maximum absolute atomic E-state index is 5.25. The molecule has 0 aliphatic rings. The SMILES string of the molecule is COc1ccc(/C(=C/c2ccc(C)s2)[Si](C)(C)C)cc1. The third-order valence-corrected chi connectivity index (χ3v) is 6.25. The van der Waals surface area contributed by atoms with E-state index < -0.39 is 8.07 Å². The van der Waals surface area contributed by atoms with E-state index in [0.29, 0.717) is 0 Å². The minimum absolute atomic E-state index is 0.913. The number of thiophene rings is 1. The summed E-state index contributed by atoms with van der Waals surface area (Å²) in [5, 5.41) is 1.49. The lowest BCUT2D eigenvalue weighted by Gasteiger charge is -2.21. The Balaban J connectivity index is 2.44. The molecule has 0 unspecified atom stereocenters. The number of rotatable bonds is 4. The maximum Gasteiger partial charge on any atom is 0.118 e. The lowest BCUT2D eigenvalue weighted by Crippen LogP contribution is -2.22. The van der Waals surface area contributed by atoms with Crippen molar-refractivity contribution >= 4 is 30.7 Å². The molecule has 1 heterocycles. The van der Waals surface area contributed by atoms with Crippen LogP contribution in [-0.4, -0.2) is 15.2 Å². The Morgan fingerprint density at radius 2 is 1.70 bits per heavy atom. The zero-order valence-corrected chi connectivity index (χ0v) is 14.7. The molecule has 0 spiro atoms. The molecule has 0 amide bonds. The minimum atomic E-state index is -1.40. The van der Waals surface area contributed by atoms with Crippen LogP contribution in [-0.2, 0) is 0 Å². The van der Waals surface area contributed by atoms with Crippen LogP contribution in [0.4, 0.5) is 0 Å². The van der Waals surface area contributed by atoms with Gasteiger partial charge >= 0.3 is 0 Å². The fourth-order valence-electron chi connectivity index (χ4n) is 2.18. The van der Waals surface area contributed by atoms with E-state index in [9.17, 15) is 0 Å². The molecule has 3 heteroatoms. The number of benzene rings is 1. The lowest BCUT2D eigenvalue weighted by molar-refractivity contribution is 0.415. The highest BCUT2D eigenvalue weighted by atomic mass is 32.1. The highest BCUT2D eigenvalue weighted by molar-refractivity contribution is 7.13. The molecular weight excluding hydrogens is 280 g/mol. The number of hydrogen-bond acceptors (Lipinski definition) is 2. The number of ether oxygens (including phenoxy) is 1. The fourth-order valence-corrected chi connectivity index (χ4v) is 4.72. The molecule has 0 N–H and O–H groups in total. The molecule has 0 atom stereocenters. The van der Waals surface area contributed by atoms with Gasteiger partial charge in [0.1, 0.15) is 5.75 Å². The smallest absolute Gasteiger partial charge is 0.118 e. The summed E-state index contributed by atoms with van der Waals surface area (Å²) < 4.78 is 5.25. The van der Waals surface area contributed by atoms with Crippen LogP contribution in [0.25, 0.3) is 11.3 Å². The van der Waals surface area contributed by atoms with Gasteiger partial charge in [-0.25, -0.2) is 0 Å². The molecule has 2 aromatic rings. The highest BCUT2D eigenvalue weighted by Gasteiger charge is 2.21. The molecule has 0 aliphatic heterocycles. The van der Waals surface area contributed by atoms with Crippen molar-refractivity contribution in [3.8, 4) is 5.75 Å². The Morgan fingerprint density at radius 3 is 2.15 bits per heavy atom. The molecule has 0 saturated carbocycles. The summed E-state index contributed by atoms with van der Waals surface area (Å²) >= 11 is 1.86. The summed E-state index contributed by atoms with van der Waals surface area (Å²) in [4.78, 5) is 2.71. The molecule has 0 saturated heterocycles. The van der Waals surface area contributed by atoms with Crippen LogP contribution in [0, 0.1) is 6.92 Å². The van der Waals surface area contributed by atoms with Crippen molar-refractivity contribution in [2.24, 2.45) is 0 Å². The summed E-state index contributed by atoms with van der Waals surface area (Å²) in [7, 11) is 0.305. The zero-order chi connectivity index (χ0) is 14.8. The van der Waals surface area contributed by atoms with Crippen molar-refractivity contribution in [2.75, 3.05) is 7.11 Å². The van der Waals surface area contributed by atoms with Crippen LogP contribution in [0.5, 0.6) is 5.75 Å². The van der Waals surface area contributed by atoms with Crippen LogP contribution in [0.2, 0.25) is 19.6 Å². The summed E-state index contributed by atoms with van der Waals surface area (Å²) in [6, 6.07) is 12.8. The molecule has 0 bridgehead atoms. The van der Waals surface area contributed by atoms with Crippen molar-refractivity contribution in [1.82, 2.24) is 0 Å². The molecule has 1 nitrogen and oxygen atoms in total. The van der Waals surface area contributed by atoms with E-state index in [2.05, 4.69) is 56.9 Å². The Bertz CT molecular complexity index is 603. The normalized spacial score (nSPS) is 12.6. The Hall–Kier alpha value is -1.32. The Labute approximate surface area is 126 Å². The van der Waals surface area contributed by atoms with Gasteiger partial charge in [-0.1, -0.05) is 37.0 Å². The second-order valence-corrected chi connectivity index (χ2v) is 12.3. The molecular formula is C17H22OSSi. The second-order valence-electron chi connectivity index (χ2n) is 5.98. The third-order valence-electron chi connectivity index (χ3n) is 3.26. The largest absolute Gasteiger partial charge is 0.497 e. The van der Waals surface area contributed by atoms with E-state index in [4.69, 9.17) is 4.74 Å². The van der Waals surface area contributed by atoms with Gasteiger partial charge in [-0.05, 0) is 42.8 Å². The first kappa shape index (κ1) is 15.1. The van der Waals surface area contributed by atoms with Crippen LogP contribution >= 0.6 is 11.3 Å². The molecule has 0 fully saturated rings. The fraction of sp³-hybridized carbons (Fsp3) is 0.294. The highest BCUT2D eigenvalue weighted by Crippen LogP contribution is 2.31. The first-order valence-electron chi connectivity index (χ1n) is 6.83. The van der Waals surface area contributed by atoms with Crippen LogP contribution in [0.15, 0.2) is 36.4 Å². The topological polar surface area (TPSA) is 9.23 Å². The van der Waals surface area contributed by atoms with Gasteiger partial charge in [0.2, 0.25) is 0 Å². The summed E-state index contributed by atoms with van der Waals surface area (Å²) in [6.45, 7) is 9.33. The Morgan fingerprint density at radius 1 is 1.05 bits per heavy atom. The lowest BCUT2D eigenvalue weighted by atomic mass is 10.2. The average Bonchev–Trinajstić information content (AvgIpc) is 2.81. The van der Waals surface area contributed by atoms with Crippen molar-refractivity contribution in [3.63, 3.8) is 0 Å². The van der Waals surface area contributed by atoms with Crippen molar-refractivity contribution in [1.29, 1.82) is 0 Å². The van der Waals surface area contributed by atoms with E-state index >= 15 is 0 Å². The number of hydrogen-bond donors (Lipinski definition) is 0. The van der Waals surface area contributed by atoms with Crippen LogP contribution in [0.1, 0.15) is 15.3 Å². The molecule has 0 aliphatic carbocycles. The predicted molar refractivity (Wildman–Crippen MR) is 93.3 cm³/mol. The van der Waals surface area contributed by atoms with Gasteiger partial charge in [0.25, 0.3) is 0 Å². The van der Waals surface area contributed by atoms with E-state index in [1.165, 1.54) is 20.5 Å². The van der Waals surface area contributed by atoms with Gasteiger partial charge in [-0.2, -0.15) is 0 Å². The average molecular weight is 303 g/mol. The molecule has 2 rings (SSSR count). The third kappa shape index (κ3) is 3.61. The number of methoxy groups -OCH3 is 1. The van der Waals surface area contributed by atoms with Gasteiger partial charge in [0.15, 0.2) is 0 Å². The molecule has 20 heavy (non-hydrogen) atoms. The first-order valence-corrected chi connectivity index (χ1v) is 11.1. The van der Waals surface area contributed by atoms with E-state index in [1.54, 1.807) is 7.11 Å². The monoisotopic (exact) mass is 302 g/mol. The summed E-state index contributed by atoms with van der Waals surface area (Å²) in [5.74, 6) is 0.913. The Kier molecular flexibility index (Phi) is 4.51. The van der Waals surface area contributed by atoms with Crippen molar-refractivity contribution < 1.29 is 4.74 Å². The second kappa shape index (κ2) is 5.98. The quantitative estimate of drug-likeness (QED) is 0.679. The van der Waals surface area contributed by atoms with Gasteiger partial charge in [-0.3, -0.25) is 0 Å². The minimum Gasteiger partial charge on any atom is -0.497 e. The standard InChI is InChI=1S/C17H22OSSi/c1-13-6-11-16(19-13)12-17(20(3,4)5)14-7-9-15(18-2)10-8-14/h6-12H,1-5H3/b17-12-. The molecule has 0 radical (unpaired) electrons. The first-order chi connectivity index (χ1) is 9.40. The molecule has 106 valence electrons. The van der Waals surface area contributed by atoms with E-state index in [0.717, 1.165) is 5.75 Å². The van der Waals surface area contributed by atoms with Crippen molar-refractivity contribution in [2.45, 2.75) is 26.6 Å². The summed E-state index contributed by atoms with van der Waals surface area (Å²) in [5.41, 5.74) is 1.32. The van der Waals surface area contributed by atoms with Crippen LogP contribution in [0.3, 0.4) is 0 Å². The molecule has 1 aromatic carbocycles. The van der Waals surface area contributed by atoms with Crippen LogP contribution < -0.4 is 4.74 Å². The van der Waals surface area contributed by atoms with Gasteiger partial charge in [0.05, 0.1) is 15.2 Å². The van der Waals surface area contributed by atoms with E-state index in [1.807, 2.05) is 23.5 Å². The van der Waals surface area contributed by atoms with Gasteiger partial charge < -0.3 is 4.74 Å². The zero-order valence-electron chi connectivity index (χ0n) is 12.9. The number of aryl methyl sites for hydroxylation is 1. The molecule has 1 aromatic heterocycles.